The maximum absolute atomic E-state index is 13.6. The average Bonchev–Trinajstić information content (AvgIpc) is 2.94. The van der Waals surface area contributed by atoms with E-state index in [1.807, 2.05) is 0 Å². The molecule has 0 aliphatic rings. The van der Waals surface area contributed by atoms with E-state index in [-0.39, 0.29) is 23.8 Å². The fraction of sp³-hybridized carbons (Fsp3) is 0.179. The smallest absolute Gasteiger partial charge is 0.270 e. The van der Waals surface area contributed by atoms with Gasteiger partial charge in [0.15, 0.2) is 0 Å². The van der Waals surface area contributed by atoms with Crippen molar-refractivity contribution < 1.29 is 29.1 Å². The van der Waals surface area contributed by atoms with Crippen LogP contribution in [-0.4, -0.2) is 53.4 Å². The topological polar surface area (TPSA) is 166 Å². The molecule has 39 heavy (non-hydrogen) atoms. The number of aliphatic hydroxyl groups excluding tert-OH is 1. The lowest BCUT2D eigenvalue weighted by Gasteiger charge is -2.18. The van der Waals surface area contributed by atoms with Crippen LogP contribution in [0.1, 0.15) is 27.0 Å². The zero-order valence-electron chi connectivity index (χ0n) is 20.8. The number of nitrogens with one attached hydrogen (secondary N) is 4. The number of hydrogen-bond donors (Lipinski definition) is 7. The fourth-order valence-electron chi connectivity index (χ4n) is 3.42. The van der Waals surface area contributed by atoms with Gasteiger partial charge in [0.25, 0.3) is 11.8 Å². The zero-order valence-corrected chi connectivity index (χ0v) is 20.8. The summed E-state index contributed by atoms with van der Waals surface area (Å²) in [5.41, 5.74) is 9.29. The van der Waals surface area contributed by atoms with Crippen molar-refractivity contribution in [1.29, 1.82) is 0 Å². The molecule has 0 heterocycles. The first-order valence-electron chi connectivity index (χ1n) is 11.9. The second kappa shape index (κ2) is 14.4. The van der Waals surface area contributed by atoms with Crippen LogP contribution in [0.25, 0.3) is 0 Å². The van der Waals surface area contributed by atoms with E-state index < -0.39 is 24.1 Å². The van der Waals surface area contributed by atoms with Crippen LogP contribution in [0, 0.1) is 17.7 Å². The van der Waals surface area contributed by atoms with Crippen molar-refractivity contribution in [3.63, 3.8) is 0 Å². The number of amides is 3. The zero-order chi connectivity index (χ0) is 28.2. The van der Waals surface area contributed by atoms with E-state index in [4.69, 9.17) is 10.9 Å². The number of carbonyl (C=O) groups is 3. The van der Waals surface area contributed by atoms with Gasteiger partial charge in [-0.25, -0.2) is 9.87 Å². The van der Waals surface area contributed by atoms with Gasteiger partial charge in [-0.15, -0.1) is 0 Å². The quantitative estimate of drug-likeness (QED) is 0.0668. The number of anilines is 1. The Bertz CT molecular complexity index is 1350. The lowest BCUT2D eigenvalue weighted by Crippen LogP contribution is -2.55. The molecule has 10 nitrogen and oxygen atoms in total. The molecule has 0 aromatic heterocycles. The molecule has 3 aromatic rings. The molecule has 0 aliphatic heterocycles. The molecule has 0 aliphatic carbocycles. The van der Waals surface area contributed by atoms with Gasteiger partial charge < -0.3 is 26.8 Å². The molecule has 11 heteroatoms. The van der Waals surface area contributed by atoms with E-state index in [0.717, 1.165) is 0 Å². The van der Waals surface area contributed by atoms with E-state index in [0.29, 0.717) is 35.3 Å². The summed E-state index contributed by atoms with van der Waals surface area (Å²) in [7, 11) is 0. The summed E-state index contributed by atoms with van der Waals surface area (Å²) >= 11 is 0. The van der Waals surface area contributed by atoms with Crippen LogP contribution in [0.5, 0.6) is 0 Å². The summed E-state index contributed by atoms with van der Waals surface area (Å²) in [4.78, 5) is 36.0. The van der Waals surface area contributed by atoms with Crippen molar-refractivity contribution in [3.8, 4) is 11.8 Å². The van der Waals surface area contributed by atoms with Gasteiger partial charge in [0.1, 0.15) is 18.1 Å². The number of hydroxylamine groups is 1. The van der Waals surface area contributed by atoms with Crippen molar-refractivity contribution >= 4 is 23.4 Å². The number of hydrogen-bond acceptors (Lipinski definition) is 7. The number of carbonyl (C=O) groups excluding carboxylic acids is 3. The van der Waals surface area contributed by atoms with Gasteiger partial charge in [0, 0.05) is 22.4 Å². The Hall–Kier alpha value is -4.60. The minimum absolute atomic E-state index is 0.0894. The Kier molecular flexibility index (Phi) is 10.7. The largest absolute Gasteiger partial charge is 0.376 e. The Morgan fingerprint density at radius 1 is 0.923 bits per heavy atom. The van der Waals surface area contributed by atoms with Gasteiger partial charge in [-0.05, 0) is 73.1 Å². The second-order valence-electron chi connectivity index (χ2n) is 8.39. The molecule has 0 saturated carbocycles. The molecule has 0 fully saturated rings. The molecular weight excluding hydrogens is 505 g/mol. The Balaban J connectivity index is 1.47. The van der Waals surface area contributed by atoms with E-state index in [2.05, 4.69) is 27.8 Å². The number of rotatable bonds is 10. The summed E-state index contributed by atoms with van der Waals surface area (Å²) in [6.45, 7) is 0.554. The minimum atomic E-state index is -1.71. The monoisotopic (exact) mass is 533 g/mol. The van der Waals surface area contributed by atoms with E-state index in [1.165, 1.54) is 23.7 Å². The molecular formula is C28H28FN5O5. The summed E-state index contributed by atoms with van der Waals surface area (Å²) in [5.74, 6) is 3.73. The third-order valence-corrected chi connectivity index (χ3v) is 5.50. The SMILES string of the molecule is N[C@@H](O)[C@H](NC(=O)c1ccc(C#Cc2ccc(NC(=O)CNCCc3ccccc3F)cc2)cc1)C(=O)NO. The minimum Gasteiger partial charge on any atom is -0.376 e. The predicted molar refractivity (Wildman–Crippen MR) is 142 cm³/mol. The normalized spacial score (nSPS) is 11.9. The first kappa shape index (κ1) is 29.0. The summed E-state index contributed by atoms with van der Waals surface area (Å²) in [6, 6.07) is 18.1. The van der Waals surface area contributed by atoms with Crippen LogP contribution < -0.4 is 27.2 Å². The van der Waals surface area contributed by atoms with Gasteiger partial charge in [-0.2, -0.15) is 0 Å². The summed E-state index contributed by atoms with van der Waals surface area (Å²) in [6.07, 6.45) is -1.23. The molecule has 8 N–H and O–H groups in total. The van der Waals surface area contributed by atoms with Gasteiger partial charge >= 0.3 is 0 Å². The Morgan fingerprint density at radius 3 is 2.13 bits per heavy atom. The van der Waals surface area contributed by atoms with Gasteiger partial charge in [-0.3, -0.25) is 19.6 Å². The number of benzene rings is 3. The fourth-order valence-corrected chi connectivity index (χ4v) is 3.42. The molecule has 0 radical (unpaired) electrons. The van der Waals surface area contributed by atoms with E-state index in [1.54, 1.807) is 54.6 Å². The van der Waals surface area contributed by atoms with Crippen LogP contribution >= 0.6 is 0 Å². The van der Waals surface area contributed by atoms with E-state index in [9.17, 15) is 23.9 Å². The first-order chi connectivity index (χ1) is 18.8. The predicted octanol–water partition coefficient (Wildman–Crippen LogP) is 0.877. The number of nitrogens with two attached hydrogens (primary N) is 1. The lowest BCUT2D eigenvalue weighted by molar-refractivity contribution is -0.133. The second-order valence-corrected chi connectivity index (χ2v) is 8.39. The van der Waals surface area contributed by atoms with Crippen LogP contribution in [0.4, 0.5) is 10.1 Å². The lowest BCUT2D eigenvalue weighted by atomic mass is 10.1. The molecule has 3 aromatic carbocycles. The number of halogens is 1. The molecule has 0 bridgehead atoms. The third-order valence-electron chi connectivity index (χ3n) is 5.50. The summed E-state index contributed by atoms with van der Waals surface area (Å²) < 4.78 is 13.6. The molecule has 2 atom stereocenters. The number of aliphatic hydroxyl groups is 1. The van der Waals surface area contributed by atoms with Crippen molar-refractivity contribution in [2.75, 3.05) is 18.4 Å². The molecule has 0 unspecified atom stereocenters. The highest BCUT2D eigenvalue weighted by atomic mass is 19.1. The third kappa shape index (κ3) is 9.03. The van der Waals surface area contributed by atoms with Crippen molar-refractivity contribution in [1.82, 2.24) is 16.1 Å². The molecule has 202 valence electrons. The van der Waals surface area contributed by atoms with Crippen molar-refractivity contribution in [2.45, 2.75) is 18.7 Å². The van der Waals surface area contributed by atoms with E-state index >= 15 is 0 Å². The van der Waals surface area contributed by atoms with Crippen LogP contribution in [-0.2, 0) is 16.0 Å². The maximum Gasteiger partial charge on any atom is 0.270 e. The standard InChI is InChI=1S/C28H28FN5O5/c29-23-4-2-1-3-20(23)15-16-31-17-24(35)32-22-13-9-19(10-14-22)6-5-18-7-11-21(12-8-18)27(37)33-25(26(30)36)28(38)34-39/h1-4,7-14,25-26,31,36,39H,15-17,30H2,(H,32,35)(H,33,37)(H,34,38)/t25-,26-/m0/s1. The highest BCUT2D eigenvalue weighted by molar-refractivity contribution is 5.97. The maximum atomic E-state index is 13.6. The Morgan fingerprint density at radius 2 is 1.54 bits per heavy atom. The van der Waals surface area contributed by atoms with Crippen molar-refractivity contribution in [2.24, 2.45) is 5.73 Å². The summed E-state index contributed by atoms with van der Waals surface area (Å²) in [5, 5.41) is 26.1. The van der Waals surface area contributed by atoms with Crippen LogP contribution in [0.2, 0.25) is 0 Å². The van der Waals surface area contributed by atoms with Crippen molar-refractivity contribution in [3.05, 3.63) is 101 Å². The van der Waals surface area contributed by atoms with Crippen LogP contribution in [0.3, 0.4) is 0 Å². The highest BCUT2D eigenvalue weighted by Gasteiger charge is 2.26. The first-order valence-corrected chi connectivity index (χ1v) is 11.9. The van der Waals surface area contributed by atoms with Crippen LogP contribution in [0.15, 0.2) is 72.8 Å². The van der Waals surface area contributed by atoms with Gasteiger partial charge in [-0.1, -0.05) is 30.0 Å². The molecule has 0 spiro atoms. The molecule has 3 amide bonds. The average molecular weight is 534 g/mol. The van der Waals surface area contributed by atoms with Gasteiger partial charge in [0.05, 0.1) is 6.54 Å². The molecule has 3 rings (SSSR count). The highest BCUT2D eigenvalue weighted by Crippen LogP contribution is 2.10. The molecule has 0 saturated heterocycles. The van der Waals surface area contributed by atoms with Gasteiger partial charge in [0.2, 0.25) is 5.91 Å². The Labute approximate surface area is 224 Å².